The van der Waals surface area contributed by atoms with E-state index in [0.29, 0.717) is 6.42 Å². The van der Waals surface area contributed by atoms with Gasteiger partial charge in [0.15, 0.2) is 15.6 Å². The molecule has 0 spiro atoms. The Hall–Kier alpha value is -1.99. The molecule has 1 N–H and O–H groups in total. The number of aliphatic hydroxyl groups is 1. The molecule has 0 radical (unpaired) electrons. The Morgan fingerprint density at radius 2 is 1.92 bits per heavy atom. The van der Waals surface area contributed by atoms with Crippen molar-refractivity contribution in [2.75, 3.05) is 18.6 Å². The summed E-state index contributed by atoms with van der Waals surface area (Å²) < 4.78 is 23.0. The summed E-state index contributed by atoms with van der Waals surface area (Å²) in [7, 11) is -1.44. The summed E-state index contributed by atoms with van der Waals surface area (Å²) in [5.74, 6) is -0.248. The number of carbonyl (C=O) groups excluding carboxylic acids is 2. The lowest BCUT2D eigenvalue weighted by Gasteiger charge is -2.23. The van der Waals surface area contributed by atoms with Crippen LogP contribution in [0.2, 0.25) is 0 Å². The van der Waals surface area contributed by atoms with Crippen molar-refractivity contribution in [3.05, 3.63) is 41.5 Å². The van der Waals surface area contributed by atoms with Gasteiger partial charge in [-0.2, -0.15) is 0 Å². The third kappa shape index (κ3) is 5.79. The highest BCUT2D eigenvalue weighted by atomic mass is 32.2. The van der Waals surface area contributed by atoms with Crippen LogP contribution in [0, 0.1) is 0 Å². The van der Waals surface area contributed by atoms with Crippen LogP contribution < -0.4 is 0 Å². The minimum absolute atomic E-state index is 0.00687. The molecule has 0 aromatic heterocycles. The molecule has 1 aromatic carbocycles. The highest BCUT2D eigenvalue weighted by molar-refractivity contribution is 7.91. The van der Waals surface area contributed by atoms with E-state index in [9.17, 15) is 18.0 Å². The van der Waals surface area contributed by atoms with Crippen LogP contribution in [0.1, 0.15) is 30.4 Å². The van der Waals surface area contributed by atoms with Crippen molar-refractivity contribution in [2.24, 2.45) is 0 Å². The van der Waals surface area contributed by atoms with Crippen molar-refractivity contribution in [3.8, 4) is 0 Å². The number of amides is 1. The second kappa shape index (κ2) is 8.40. The molecule has 7 heteroatoms. The summed E-state index contributed by atoms with van der Waals surface area (Å²) in [5.41, 5.74) is 1.64. The molecule has 136 valence electrons. The van der Waals surface area contributed by atoms with Gasteiger partial charge < -0.3 is 10.0 Å². The van der Waals surface area contributed by atoms with Gasteiger partial charge in [0.1, 0.15) is 0 Å². The molecule has 2 rings (SSSR count). The van der Waals surface area contributed by atoms with E-state index in [2.05, 4.69) is 0 Å². The summed E-state index contributed by atoms with van der Waals surface area (Å²) in [6.45, 7) is -0.0269. The number of aliphatic hydroxyl groups excluding tert-OH is 1. The zero-order chi connectivity index (χ0) is 18.4. The summed E-state index contributed by atoms with van der Waals surface area (Å²) in [5, 5.41) is 8.98. The first-order valence-corrected chi connectivity index (χ1v) is 9.99. The number of benzene rings is 1. The van der Waals surface area contributed by atoms with E-state index in [-0.39, 0.29) is 48.7 Å². The van der Waals surface area contributed by atoms with Crippen molar-refractivity contribution < 1.29 is 23.1 Å². The molecule has 1 heterocycles. The number of nitrogens with zero attached hydrogens (tertiary/aromatic N) is 1. The van der Waals surface area contributed by atoms with E-state index in [4.69, 9.17) is 5.11 Å². The van der Waals surface area contributed by atoms with E-state index >= 15 is 0 Å². The van der Waals surface area contributed by atoms with Crippen molar-refractivity contribution in [1.82, 2.24) is 4.90 Å². The van der Waals surface area contributed by atoms with E-state index in [1.165, 1.54) is 11.0 Å². The molecule has 1 aliphatic rings. The van der Waals surface area contributed by atoms with Crippen molar-refractivity contribution >= 4 is 27.6 Å². The number of carbonyl (C=O) groups is 2. The Kier molecular flexibility index (Phi) is 6.50. The normalized spacial score (nSPS) is 19.2. The molecule has 1 amide bonds. The first-order chi connectivity index (χ1) is 11.8. The van der Waals surface area contributed by atoms with Gasteiger partial charge in [0.05, 0.1) is 18.1 Å². The number of ketones is 1. The minimum atomic E-state index is -3.04. The summed E-state index contributed by atoms with van der Waals surface area (Å²) in [4.78, 5) is 25.5. The molecule has 1 saturated heterocycles. The SMILES string of the molecule is CN(C(=O)CCC(=O)/C=C/c1ccc(CO)cc1)C1CCS(=O)(=O)C1. The summed E-state index contributed by atoms with van der Waals surface area (Å²) in [6.07, 6.45) is 3.72. The van der Waals surface area contributed by atoms with Crippen LogP contribution in [0.15, 0.2) is 30.3 Å². The molecule has 25 heavy (non-hydrogen) atoms. The van der Waals surface area contributed by atoms with Gasteiger partial charge in [-0.25, -0.2) is 8.42 Å². The third-order valence-electron chi connectivity index (χ3n) is 4.36. The predicted octanol–water partition coefficient (Wildman–Crippen LogP) is 1.19. The maximum atomic E-state index is 12.1. The van der Waals surface area contributed by atoms with Gasteiger partial charge >= 0.3 is 0 Å². The number of allylic oxidation sites excluding steroid dienone is 1. The van der Waals surface area contributed by atoms with Crippen LogP contribution in [0.4, 0.5) is 0 Å². The Balaban J connectivity index is 1.80. The van der Waals surface area contributed by atoms with Crippen LogP contribution in [0.5, 0.6) is 0 Å². The van der Waals surface area contributed by atoms with Gasteiger partial charge in [-0.15, -0.1) is 0 Å². The van der Waals surface area contributed by atoms with Crippen LogP contribution in [-0.4, -0.2) is 54.7 Å². The van der Waals surface area contributed by atoms with Crippen LogP contribution in [0.25, 0.3) is 6.08 Å². The van der Waals surface area contributed by atoms with Gasteiger partial charge in [-0.3, -0.25) is 9.59 Å². The average molecular weight is 365 g/mol. The van der Waals surface area contributed by atoms with Crippen molar-refractivity contribution in [3.63, 3.8) is 0 Å². The highest BCUT2D eigenvalue weighted by Gasteiger charge is 2.32. The molecule has 1 fully saturated rings. The fourth-order valence-corrected chi connectivity index (χ4v) is 4.47. The molecule has 1 atom stereocenters. The molecule has 1 unspecified atom stereocenters. The van der Waals surface area contributed by atoms with Gasteiger partial charge in [-0.05, 0) is 23.6 Å². The van der Waals surface area contributed by atoms with Crippen LogP contribution >= 0.6 is 0 Å². The number of hydrogen-bond acceptors (Lipinski definition) is 5. The zero-order valence-electron chi connectivity index (χ0n) is 14.2. The topological polar surface area (TPSA) is 91.8 Å². The lowest BCUT2D eigenvalue weighted by Crippen LogP contribution is -2.37. The lowest BCUT2D eigenvalue weighted by atomic mass is 10.1. The average Bonchev–Trinajstić information content (AvgIpc) is 2.97. The van der Waals surface area contributed by atoms with Gasteiger partial charge in [0.2, 0.25) is 5.91 Å². The molecule has 0 bridgehead atoms. The lowest BCUT2D eigenvalue weighted by molar-refractivity contribution is -0.133. The third-order valence-corrected chi connectivity index (χ3v) is 6.11. The number of hydrogen-bond donors (Lipinski definition) is 1. The first kappa shape index (κ1) is 19.3. The first-order valence-electron chi connectivity index (χ1n) is 8.17. The summed E-state index contributed by atoms with van der Waals surface area (Å²) >= 11 is 0. The maximum absolute atomic E-state index is 12.1. The minimum Gasteiger partial charge on any atom is -0.392 e. The molecular formula is C18H23NO5S. The van der Waals surface area contributed by atoms with E-state index in [1.54, 1.807) is 37.4 Å². The largest absolute Gasteiger partial charge is 0.392 e. The Labute approximate surface area is 148 Å². The Morgan fingerprint density at radius 3 is 2.48 bits per heavy atom. The van der Waals surface area contributed by atoms with Crippen molar-refractivity contribution in [1.29, 1.82) is 0 Å². The van der Waals surface area contributed by atoms with Crippen molar-refractivity contribution in [2.45, 2.75) is 31.9 Å². The highest BCUT2D eigenvalue weighted by Crippen LogP contribution is 2.17. The maximum Gasteiger partial charge on any atom is 0.223 e. The second-order valence-corrected chi connectivity index (χ2v) is 8.49. The number of rotatable bonds is 7. The summed E-state index contributed by atoms with van der Waals surface area (Å²) in [6, 6.07) is 6.87. The number of sulfone groups is 1. The molecule has 6 nitrogen and oxygen atoms in total. The smallest absolute Gasteiger partial charge is 0.223 e. The fourth-order valence-electron chi connectivity index (χ4n) is 2.70. The molecule has 1 aliphatic heterocycles. The molecule has 0 saturated carbocycles. The monoisotopic (exact) mass is 365 g/mol. The Bertz CT molecular complexity index is 752. The van der Waals surface area contributed by atoms with Gasteiger partial charge in [0.25, 0.3) is 0 Å². The van der Waals surface area contributed by atoms with Gasteiger partial charge in [-0.1, -0.05) is 30.3 Å². The fraction of sp³-hybridized carbons (Fsp3) is 0.444. The van der Waals surface area contributed by atoms with E-state index in [0.717, 1.165) is 11.1 Å². The molecular weight excluding hydrogens is 342 g/mol. The molecule has 1 aromatic rings. The Morgan fingerprint density at radius 1 is 1.24 bits per heavy atom. The van der Waals surface area contributed by atoms with Crippen LogP contribution in [-0.2, 0) is 26.0 Å². The molecule has 0 aliphatic carbocycles. The van der Waals surface area contributed by atoms with E-state index in [1.807, 2.05) is 0 Å². The van der Waals surface area contributed by atoms with E-state index < -0.39 is 9.84 Å². The van der Waals surface area contributed by atoms with Crippen LogP contribution in [0.3, 0.4) is 0 Å². The second-order valence-electron chi connectivity index (χ2n) is 6.26. The zero-order valence-corrected chi connectivity index (χ0v) is 15.0. The predicted molar refractivity (Wildman–Crippen MR) is 95.5 cm³/mol. The standard InChI is InChI=1S/C18H23NO5S/c1-19(16-10-11-25(23,24)13-16)18(22)9-8-17(21)7-6-14-2-4-15(12-20)5-3-14/h2-7,16,20H,8-13H2,1H3/b7-6+. The van der Waals surface area contributed by atoms with Gasteiger partial charge in [0, 0.05) is 25.9 Å². The quantitative estimate of drug-likeness (QED) is 0.733.